The number of methoxy groups -OCH3 is 1. The van der Waals surface area contributed by atoms with E-state index in [9.17, 15) is 4.79 Å². The lowest BCUT2D eigenvalue weighted by molar-refractivity contribution is 0.0606. The van der Waals surface area contributed by atoms with Crippen molar-refractivity contribution in [3.05, 3.63) is 47.0 Å². The highest BCUT2D eigenvalue weighted by atomic mass is 32.1. The second kappa shape index (κ2) is 6.33. The molecular weight excluding hydrogens is 260 g/mol. The number of rotatable bonds is 5. The van der Waals surface area contributed by atoms with Gasteiger partial charge in [-0.25, -0.2) is 9.78 Å². The predicted molar refractivity (Wildman–Crippen MR) is 76.9 cm³/mol. The third kappa shape index (κ3) is 3.54. The lowest BCUT2D eigenvalue weighted by atomic mass is 10.1. The van der Waals surface area contributed by atoms with E-state index in [1.165, 1.54) is 24.0 Å². The van der Waals surface area contributed by atoms with Gasteiger partial charge in [-0.15, -0.1) is 0 Å². The molecule has 0 radical (unpaired) electrons. The van der Waals surface area contributed by atoms with Gasteiger partial charge in [0.2, 0.25) is 0 Å². The van der Waals surface area contributed by atoms with Crippen LogP contribution < -0.4 is 4.90 Å². The van der Waals surface area contributed by atoms with Gasteiger partial charge < -0.3 is 9.64 Å². The zero-order valence-electron chi connectivity index (χ0n) is 11.0. The summed E-state index contributed by atoms with van der Waals surface area (Å²) in [5.41, 5.74) is 1.29. The Morgan fingerprint density at radius 3 is 2.79 bits per heavy atom. The van der Waals surface area contributed by atoms with E-state index in [1.807, 2.05) is 30.1 Å². The number of aromatic nitrogens is 1. The highest BCUT2D eigenvalue weighted by Crippen LogP contribution is 2.22. The molecule has 5 heteroatoms. The van der Waals surface area contributed by atoms with Crippen LogP contribution in [0.2, 0.25) is 0 Å². The van der Waals surface area contributed by atoms with Crippen LogP contribution in [-0.4, -0.2) is 31.7 Å². The standard InChI is InChI=1S/C14H16N2O2S/c1-16(9-8-11-6-4-3-5-7-11)14-15-10-12(19-14)13(17)18-2/h3-7,10H,8-9H2,1-2H3. The number of benzene rings is 1. The summed E-state index contributed by atoms with van der Waals surface area (Å²) in [6, 6.07) is 10.3. The maximum atomic E-state index is 11.4. The van der Waals surface area contributed by atoms with Gasteiger partial charge in [0, 0.05) is 13.6 Å². The highest BCUT2D eigenvalue weighted by molar-refractivity contribution is 7.17. The number of esters is 1. The summed E-state index contributed by atoms with van der Waals surface area (Å²) < 4.78 is 4.67. The number of hydrogen-bond donors (Lipinski definition) is 0. The van der Waals surface area contributed by atoms with Crippen LogP contribution in [0.15, 0.2) is 36.5 Å². The maximum Gasteiger partial charge on any atom is 0.349 e. The predicted octanol–water partition coefficient (Wildman–Crippen LogP) is 2.61. The normalized spacial score (nSPS) is 10.2. The highest BCUT2D eigenvalue weighted by Gasteiger charge is 2.12. The monoisotopic (exact) mass is 276 g/mol. The molecule has 4 nitrogen and oxygen atoms in total. The van der Waals surface area contributed by atoms with Crippen LogP contribution in [0.25, 0.3) is 0 Å². The molecule has 0 unspecified atom stereocenters. The third-order valence-corrected chi connectivity index (χ3v) is 3.88. The molecule has 0 aliphatic heterocycles. The van der Waals surface area contributed by atoms with Gasteiger partial charge in [0.15, 0.2) is 5.13 Å². The van der Waals surface area contributed by atoms with E-state index in [4.69, 9.17) is 0 Å². The number of nitrogens with zero attached hydrogens (tertiary/aromatic N) is 2. The summed E-state index contributed by atoms with van der Waals surface area (Å²) in [4.78, 5) is 18.2. The van der Waals surface area contributed by atoms with Crippen molar-refractivity contribution in [3.8, 4) is 0 Å². The molecule has 0 amide bonds. The number of hydrogen-bond acceptors (Lipinski definition) is 5. The van der Waals surface area contributed by atoms with E-state index in [1.54, 1.807) is 6.20 Å². The van der Waals surface area contributed by atoms with Gasteiger partial charge in [-0.1, -0.05) is 41.7 Å². The van der Waals surface area contributed by atoms with Crippen molar-refractivity contribution in [2.24, 2.45) is 0 Å². The van der Waals surface area contributed by atoms with Gasteiger partial charge in [-0.2, -0.15) is 0 Å². The van der Waals surface area contributed by atoms with Crippen LogP contribution in [0.5, 0.6) is 0 Å². The summed E-state index contributed by atoms with van der Waals surface area (Å²) in [5.74, 6) is -0.333. The number of thiazole rings is 1. The van der Waals surface area contributed by atoms with Gasteiger partial charge >= 0.3 is 5.97 Å². The minimum absolute atomic E-state index is 0.333. The zero-order chi connectivity index (χ0) is 13.7. The Balaban J connectivity index is 1.94. The quantitative estimate of drug-likeness (QED) is 0.787. The first-order valence-corrected chi connectivity index (χ1v) is 6.81. The Morgan fingerprint density at radius 2 is 2.11 bits per heavy atom. The molecule has 0 N–H and O–H groups in total. The summed E-state index contributed by atoms with van der Waals surface area (Å²) in [7, 11) is 3.35. The van der Waals surface area contributed by atoms with Crippen LogP contribution in [-0.2, 0) is 11.2 Å². The van der Waals surface area contributed by atoms with E-state index >= 15 is 0 Å². The van der Waals surface area contributed by atoms with Crippen LogP contribution in [0, 0.1) is 0 Å². The molecule has 2 rings (SSSR count). The van der Waals surface area contributed by atoms with Crippen molar-refractivity contribution < 1.29 is 9.53 Å². The van der Waals surface area contributed by atoms with Crippen LogP contribution in [0.4, 0.5) is 5.13 Å². The van der Waals surface area contributed by atoms with E-state index in [-0.39, 0.29) is 5.97 Å². The van der Waals surface area contributed by atoms with E-state index in [0.717, 1.165) is 18.1 Å². The van der Waals surface area contributed by atoms with Crippen molar-refractivity contribution in [2.75, 3.05) is 25.6 Å². The number of likely N-dealkylation sites (N-methyl/N-ethyl adjacent to an activating group) is 1. The molecule has 0 bridgehead atoms. The lowest BCUT2D eigenvalue weighted by Gasteiger charge is -2.15. The van der Waals surface area contributed by atoms with Gasteiger partial charge in [-0.05, 0) is 12.0 Å². The topological polar surface area (TPSA) is 42.4 Å². The lowest BCUT2D eigenvalue weighted by Crippen LogP contribution is -2.19. The summed E-state index contributed by atoms with van der Waals surface area (Å²) >= 11 is 1.35. The Labute approximate surface area is 116 Å². The smallest absolute Gasteiger partial charge is 0.349 e. The molecule has 0 fully saturated rings. The Morgan fingerprint density at radius 1 is 1.37 bits per heavy atom. The van der Waals surface area contributed by atoms with Gasteiger partial charge in [-0.3, -0.25) is 0 Å². The molecule has 0 saturated heterocycles. The fourth-order valence-electron chi connectivity index (χ4n) is 1.67. The molecule has 1 aromatic carbocycles. The maximum absolute atomic E-state index is 11.4. The Hall–Kier alpha value is -1.88. The second-order valence-corrected chi connectivity index (χ2v) is 5.16. The number of carbonyl (C=O) groups is 1. The van der Waals surface area contributed by atoms with E-state index in [0.29, 0.717) is 4.88 Å². The van der Waals surface area contributed by atoms with E-state index in [2.05, 4.69) is 21.9 Å². The summed E-state index contributed by atoms with van der Waals surface area (Å²) in [6.07, 6.45) is 2.51. The molecule has 0 saturated carbocycles. The molecule has 0 aliphatic carbocycles. The summed E-state index contributed by atoms with van der Waals surface area (Å²) in [5, 5.41) is 0.830. The van der Waals surface area contributed by atoms with Gasteiger partial charge in [0.05, 0.1) is 13.3 Å². The molecule has 100 valence electrons. The average molecular weight is 276 g/mol. The minimum Gasteiger partial charge on any atom is -0.465 e. The third-order valence-electron chi connectivity index (χ3n) is 2.79. The zero-order valence-corrected chi connectivity index (χ0v) is 11.8. The van der Waals surface area contributed by atoms with Crippen molar-refractivity contribution in [1.29, 1.82) is 0 Å². The number of anilines is 1. The first kappa shape index (κ1) is 13.5. The van der Waals surface area contributed by atoms with Gasteiger partial charge in [0.1, 0.15) is 4.88 Å². The summed E-state index contributed by atoms with van der Waals surface area (Å²) in [6.45, 7) is 0.859. The van der Waals surface area contributed by atoms with Crippen LogP contribution >= 0.6 is 11.3 Å². The molecule has 0 atom stereocenters. The molecule has 19 heavy (non-hydrogen) atoms. The number of ether oxygens (including phenoxy) is 1. The van der Waals surface area contributed by atoms with Crippen molar-refractivity contribution in [1.82, 2.24) is 4.98 Å². The molecular formula is C14H16N2O2S. The van der Waals surface area contributed by atoms with Crippen LogP contribution in [0.1, 0.15) is 15.2 Å². The Bertz CT molecular complexity index is 539. The van der Waals surface area contributed by atoms with E-state index < -0.39 is 0 Å². The second-order valence-electron chi connectivity index (χ2n) is 4.16. The molecule has 0 spiro atoms. The SMILES string of the molecule is COC(=O)c1cnc(N(C)CCc2ccccc2)s1. The molecule has 1 heterocycles. The molecule has 2 aromatic rings. The molecule has 0 aliphatic rings. The van der Waals surface area contributed by atoms with Crippen molar-refractivity contribution in [3.63, 3.8) is 0 Å². The largest absolute Gasteiger partial charge is 0.465 e. The van der Waals surface area contributed by atoms with Crippen molar-refractivity contribution >= 4 is 22.4 Å². The van der Waals surface area contributed by atoms with Gasteiger partial charge in [0.25, 0.3) is 0 Å². The first-order chi connectivity index (χ1) is 9.20. The van der Waals surface area contributed by atoms with Crippen LogP contribution in [0.3, 0.4) is 0 Å². The molecule has 1 aromatic heterocycles. The average Bonchev–Trinajstić information content (AvgIpc) is 2.95. The minimum atomic E-state index is -0.333. The number of carbonyl (C=O) groups excluding carboxylic acids is 1. The Kier molecular flexibility index (Phi) is 4.52. The fourth-order valence-corrected chi connectivity index (χ4v) is 2.49. The first-order valence-electron chi connectivity index (χ1n) is 6.00. The fraction of sp³-hybridized carbons (Fsp3) is 0.286. The van der Waals surface area contributed by atoms with Crippen molar-refractivity contribution in [2.45, 2.75) is 6.42 Å².